The Morgan fingerprint density at radius 1 is 0.872 bits per heavy atom. The van der Waals surface area contributed by atoms with Crippen LogP contribution in [0, 0.1) is 0 Å². The molecule has 0 spiro atoms. The minimum absolute atomic E-state index is 0.0686. The number of phenolic OH excluding ortho intramolecular Hbond substituents is 1. The third kappa shape index (κ3) is 14.5. The third-order valence-corrected chi connectivity index (χ3v) is 6.89. The molecule has 13 heteroatoms. The molecule has 0 fully saturated rings. The molecule has 0 unspecified atom stereocenters. The standard InChI is InChI=1S/C32H41N7O4.C2H4O2/c1-2-39(21-23-10-14-25(15-11-23)24-7-4-3-5-8-24)29(41)20-37-31(43)28(9-6-18-36-32(34)35)38-30(42)27(33)19-22-12-16-26(40)17-13-22;1-2(3)4/h3-5,7-8,10-17,27-28,40H,2,6,9,18-21,33H2,1H3,(H,37,43)(H,38,42)(H4,34,35,36);1H3,(H,3,4)/t27-,28+;/m0./s1. The van der Waals surface area contributed by atoms with Crippen molar-refractivity contribution in [2.75, 3.05) is 19.6 Å². The highest BCUT2D eigenvalue weighted by Gasteiger charge is 2.25. The number of nitrogens with one attached hydrogen (secondary N) is 2. The first-order valence-electron chi connectivity index (χ1n) is 15.2. The van der Waals surface area contributed by atoms with Gasteiger partial charge in [-0.3, -0.25) is 24.2 Å². The van der Waals surface area contributed by atoms with Crippen molar-refractivity contribution in [3.05, 3.63) is 90.0 Å². The van der Waals surface area contributed by atoms with E-state index < -0.39 is 29.9 Å². The van der Waals surface area contributed by atoms with Gasteiger partial charge >= 0.3 is 0 Å². The highest BCUT2D eigenvalue weighted by molar-refractivity contribution is 5.92. The van der Waals surface area contributed by atoms with E-state index in [1.807, 2.05) is 61.5 Å². The maximum atomic E-state index is 13.1. The summed E-state index contributed by atoms with van der Waals surface area (Å²) in [4.78, 5) is 53.6. The maximum Gasteiger partial charge on any atom is 0.300 e. The van der Waals surface area contributed by atoms with Gasteiger partial charge in [0.2, 0.25) is 17.7 Å². The number of nitrogens with zero attached hydrogens (tertiary/aromatic N) is 2. The molecule has 0 radical (unpaired) electrons. The number of aliphatic imine (C=N–C) groups is 1. The number of hydrogen-bond donors (Lipinski definition) is 7. The SMILES string of the molecule is CC(=O)O.CCN(Cc1ccc(-c2ccccc2)cc1)C(=O)CNC(=O)[C@@H](CCCN=C(N)N)NC(=O)[C@@H](N)Cc1ccc(O)cc1. The Balaban J connectivity index is 0.00000181. The van der Waals surface area contributed by atoms with Crippen LogP contribution in [0.2, 0.25) is 0 Å². The van der Waals surface area contributed by atoms with Gasteiger partial charge < -0.3 is 42.9 Å². The lowest BCUT2D eigenvalue weighted by atomic mass is 10.0. The van der Waals surface area contributed by atoms with E-state index in [2.05, 4.69) is 15.6 Å². The first-order chi connectivity index (χ1) is 22.4. The molecule has 0 aromatic heterocycles. The van der Waals surface area contributed by atoms with Crippen molar-refractivity contribution < 1.29 is 29.4 Å². The Labute approximate surface area is 274 Å². The molecule has 47 heavy (non-hydrogen) atoms. The fourth-order valence-electron chi connectivity index (χ4n) is 4.46. The number of carbonyl (C=O) groups is 4. The van der Waals surface area contributed by atoms with E-state index in [0.717, 1.165) is 29.2 Å². The van der Waals surface area contributed by atoms with Crippen molar-refractivity contribution in [3.63, 3.8) is 0 Å². The molecule has 3 aromatic rings. The molecule has 3 amide bonds. The summed E-state index contributed by atoms with van der Waals surface area (Å²) in [5, 5.41) is 22.3. The van der Waals surface area contributed by atoms with Gasteiger partial charge in [-0.25, -0.2) is 0 Å². The number of carboxylic acids is 1. The molecule has 10 N–H and O–H groups in total. The maximum absolute atomic E-state index is 13.1. The number of guanidine groups is 1. The van der Waals surface area contributed by atoms with Gasteiger partial charge in [-0.1, -0.05) is 66.7 Å². The van der Waals surface area contributed by atoms with Crippen LogP contribution in [0.15, 0.2) is 83.9 Å². The normalized spacial score (nSPS) is 11.6. The van der Waals surface area contributed by atoms with Gasteiger partial charge in [0.15, 0.2) is 5.96 Å². The second-order valence-corrected chi connectivity index (χ2v) is 10.7. The summed E-state index contributed by atoms with van der Waals surface area (Å²) in [6.07, 6.45) is 0.863. The summed E-state index contributed by atoms with van der Waals surface area (Å²) in [5.41, 5.74) is 20.8. The lowest BCUT2D eigenvalue weighted by Gasteiger charge is -2.23. The molecule has 0 aliphatic heterocycles. The summed E-state index contributed by atoms with van der Waals surface area (Å²) < 4.78 is 0. The summed E-state index contributed by atoms with van der Waals surface area (Å²) in [7, 11) is 0. The van der Waals surface area contributed by atoms with Crippen LogP contribution in [-0.4, -0.2) is 76.5 Å². The van der Waals surface area contributed by atoms with Crippen LogP contribution in [0.5, 0.6) is 5.75 Å². The molecule has 3 rings (SSSR count). The topological polar surface area (TPSA) is 226 Å². The number of amides is 3. The molecule has 0 heterocycles. The summed E-state index contributed by atoms with van der Waals surface area (Å²) >= 11 is 0. The van der Waals surface area contributed by atoms with Crippen molar-refractivity contribution in [2.45, 2.75) is 51.7 Å². The summed E-state index contributed by atoms with van der Waals surface area (Å²) in [6.45, 7) is 3.85. The van der Waals surface area contributed by atoms with Crippen LogP contribution in [0.4, 0.5) is 0 Å². The van der Waals surface area contributed by atoms with Crippen LogP contribution in [0.1, 0.15) is 37.8 Å². The largest absolute Gasteiger partial charge is 0.508 e. The number of rotatable bonds is 15. The van der Waals surface area contributed by atoms with Crippen molar-refractivity contribution in [2.24, 2.45) is 22.2 Å². The van der Waals surface area contributed by atoms with E-state index in [9.17, 15) is 19.5 Å². The number of benzene rings is 3. The fourth-order valence-corrected chi connectivity index (χ4v) is 4.46. The molecule has 0 bridgehead atoms. The molecule has 0 aliphatic carbocycles. The van der Waals surface area contributed by atoms with Gasteiger partial charge in [0, 0.05) is 26.6 Å². The van der Waals surface area contributed by atoms with Crippen molar-refractivity contribution in [3.8, 4) is 16.9 Å². The molecular weight excluding hydrogens is 602 g/mol. The number of phenols is 1. The van der Waals surface area contributed by atoms with Crippen LogP contribution in [0.25, 0.3) is 11.1 Å². The van der Waals surface area contributed by atoms with Gasteiger partial charge in [0.05, 0.1) is 12.6 Å². The van der Waals surface area contributed by atoms with Crippen molar-refractivity contribution >= 4 is 29.7 Å². The number of hydrogen-bond acceptors (Lipinski definition) is 7. The number of carbonyl (C=O) groups excluding carboxylic acids is 3. The van der Waals surface area contributed by atoms with Crippen LogP contribution < -0.4 is 27.8 Å². The quantitative estimate of drug-likeness (QED) is 0.0723. The molecule has 0 saturated carbocycles. The van der Waals surface area contributed by atoms with E-state index >= 15 is 0 Å². The van der Waals surface area contributed by atoms with Crippen LogP contribution >= 0.6 is 0 Å². The lowest BCUT2D eigenvalue weighted by molar-refractivity contribution is -0.135. The molecule has 0 aliphatic rings. The Bertz CT molecular complexity index is 1460. The third-order valence-electron chi connectivity index (χ3n) is 6.89. The minimum Gasteiger partial charge on any atom is -0.508 e. The van der Waals surface area contributed by atoms with Gasteiger partial charge in [-0.2, -0.15) is 0 Å². The van der Waals surface area contributed by atoms with E-state index in [0.29, 0.717) is 19.5 Å². The number of likely N-dealkylation sites (N-methyl/N-ethyl adjacent to an activating group) is 1. The Morgan fingerprint density at radius 2 is 1.45 bits per heavy atom. The molecule has 2 atom stereocenters. The molecular formula is C34H45N7O6. The average molecular weight is 648 g/mol. The summed E-state index contributed by atoms with van der Waals surface area (Å²) in [5.74, 6) is -2.07. The molecule has 13 nitrogen and oxygen atoms in total. The van der Waals surface area contributed by atoms with E-state index in [1.165, 1.54) is 12.1 Å². The monoisotopic (exact) mass is 647 g/mol. The molecule has 0 saturated heterocycles. The minimum atomic E-state index is -0.944. The Morgan fingerprint density at radius 3 is 2.02 bits per heavy atom. The van der Waals surface area contributed by atoms with Crippen LogP contribution in [0.3, 0.4) is 0 Å². The van der Waals surface area contributed by atoms with Crippen LogP contribution in [-0.2, 0) is 32.1 Å². The van der Waals surface area contributed by atoms with Crippen molar-refractivity contribution in [1.29, 1.82) is 0 Å². The van der Waals surface area contributed by atoms with E-state index in [4.69, 9.17) is 27.1 Å². The number of carboxylic acid groups (broad SMARTS) is 1. The van der Waals surface area contributed by atoms with E-state index in [-0.39, 0.29) is 43.5 Å². The smallest absolute Gasteiger partial charge is 0.300 e. The second-order valence-electron chi connectivity index (χ2n) is 10.7. The average Bonchev–Trinajstić information content (AvgIpc) is 3.05. The first kappa shape index (κ1) is 37.8. The van der Waals surface area contributed by atoms with Gasteiger partial charge in [-0.15, -0.1) is 0 Å². The molecule has 252 valence electrons. The zero-order valence-corrected chi connectivity index (χ0v) is 26.8. The van der Waals surface area contributed by atoms with Gasteiger partial charge in [-0.05, 0) is 60.6 Å². The number of nitrogens with two attached hydrogens (primary N) is 3. The van der Waals surface area contributed by atoms with E-state index in [1.54, 1.807) is 17.0 Å². The predicted molar refractivity (Wildman–Crippen MR) is 181 cm³/mol. The second kappa shape index (κ2) is 19.9. The van der Waals surface area contributed by atoms with Gasteiger partial charge in [0.1, 0.15) is 11.8 Å². The van der Waals surface area contributed by atoms with Gasteiger partial charge in [0.25, 0.3) is 5.97 Å². The summed E-state index contributed by atoms with van der Waals surface area (Å²) in [6, 6.07) is 22.5. The zero-order valence-electron chi connectivity index (χ0n) is 26.8. The fraction of sp³-hybridized carbons (Fsp3) is 0.324. The van der Waals surface area contributed by atoms with Crippen molar-refractivity contribution in [1.82, 2.24) is 15.5 Å². The number of aromatic hydroxyl groups is 1. The predicted octanol–water partition coefficient (Wildman–Crippen LogP) is 1.72. The Hall–Kier alpha value is -5.43. The first-order valence-corrected chi connectivity index (χ1v) is 15.2. The highest BCUT2D eigenvalue weighted by atomic mass is 16.4. The highest BCUT2D eigenvalue weighted by Crippen LogP contribution is 2.20. The number of aliphatic carboxylic acids is 1. The molecule has 3 aromatic carbocycles. The lowest BCUT2D eigenvalue weighted by Crippen LogP contribution is -2.53. The Kier molecular flexibility index (Phi) is 15.9. The zero-order chi connectivity index (χ0) is 34.8.